The Morgan fingerprint density at radius 3 is 2.95 bits per heavy atom. The van der Waals surface area contributed by atoms with Crippen LogP contribution in [0.5, 0.6) is 0 Å². The van der Waals surface area contributed by atoms with E-state index in [2.05, 4.69) is 31.4 Å². The third-order valence-corrected chi connectivity index (χ3v) is 3.58. The van der Waals surface area contributed by atoms with Crippen molar-refractivity contribution in [3.05, 3.63) is 64.3 Å². The lowest BCUT2D eigenvalue weighted by molar-refractivity contribution is 0.0949. The Labute approximate surface area is 127 Å². The van der Waals surface area contributed by atoms with Gasteiger partial charge in [-0.15, -0.1) is 10.2 Å². The molecule has 0 bridgehead atoms. The second kappa shape index (κ2) is 5.61. The van der Waals surface area contributed by atoms with Crippen molar-refractivity contribution in [2.75, 3.05) is 0 Å². The zero-order chi connectivity index (χ0) is 14.8. The average molecular weight is 349 g/mol. The summed E-state index contributed by atoms with van der Waals surface area (Å²) in [6, 6.07) is 9.66. The van der Waals surface area contributed by atoms with Gasteiger partial charge in [0.15, 0.2) is 11.5 Å². The fourth-order valence-electron chi connectivity index (χ4n) is 1.91. The number of pyridine rings is 1. The quantitative estimate of drug-likeness (QED) is 0.791. The third kappa shape index (κ3) is 2.78. The Hall–Kier alpha value is -2.28. The van der Waals surface area contributed by atoms with Crippen LogP contribution in [0.4, 0.5) is 4.39 Å². The van der Waals surface area contributed by atoms with Gasteiger partial charge >= 0.3 is 0 Å². The van der Waals surface area contributed by atoms with Crippen molar-refractivity contribution in [1.29, 1.82) is 0 Å². The average Bonchev–Trinajstić information content (AvgIpc) is 2.91. The summed E-state index contributed by atoms with van der Waals surface area (Å²) in [7, 11) is 0. The summed E-state index contributed by atoms with van der Waals surface area (Å²) in [4.78, 5) is 12.0. The molecule has 3 aromatic rings. The van der Waals surface area contributed by atoms with Gasteiger partial charge in [0.25, 0.3) is 5.91 Å². The monoisotopic (exact) mass is 348 g/mol. The maximum atomic E-state index is 13.1. The number of carbonyl (C=O) groups is 1. The van der Waals surface area contributed by atoms with Gasteiger partial charge in [0.05, 0.1) is 11.0 Å². The number of rotatable bonds is 3. The molecule has 0 atom stereocenters. The summed E-state index contributed by atoms with van der Waals surface area (Å²) in [5.41, 5.74) is 1.09. The molecule has 106 valence electrons. The largest absolute Gasteiger partial charge is 0.345 e. The molecule has 0 saturated heterocycles. The summed E-state index contributed by atoms with van der Waals surface area (Å²) < 4.78 is 15.2. The number of aromatic nitrogens is 3. The van der Waals surface area contributed by atoms with E-state index in [0.29, 0.717) is 17.0 Å². The molecule has 0 unspecified atom stereocenters. The molecular weight excluding hydrogens is 339 g/mol. The SMILES string of the molecule is O=C(NCc1nnc2ccccn12)c1ccc(F)c(Br)c1. The minimum atomic E-state index is -0.407. The highest BCUT2D eigenvalue weighted by Crippen LogP contribution is 2.16. The van der Waals surface area contributed by atoms with Crippen LogP contribution >= 0.6 is 15.9 Å². The lowest BCUT2D eigenvalue weighted by atomic mass is 10.2. The first-order chi connectivity index (χ1) is 10.1. The van der Waals surface area contributed by atoms with Gasteiger partial charge in [0.1, 0.15) is 5.82 Å². The fourth-order valence-corrected chi connectivity index (χ4v) is 2.29. The lowest BCUT2D eigenvalue weighted by Crippen LogP contribution is -2.24. The standard InChI is InChI=1S/C14H10BrFN4O/c15-10-7-9(4-5-11(10)16)14(21)17-8-13-19-18-12-3-1-2-6-20(12)13/h1-7H,8H2,(H,17,21). The Bertz CT molecular complexity index is 818. The van der Waals surface area contributed by atoms with E-state index in [4.69, 9.17) is 0 Å². The molecule has 2 aromatic heterocycles. The van der Waals surface area contributed by atoms with Gasteiger partial charge < -0.3 is 5.32 Å². The summed E-state index contributed by atoms with van der Waals surface area (Å²) >= 11 is 3.06. The van der Waals surface area contributed by atoms with Crippen LogP contribution in [-0.2, 0) is 6.54 Å². The second-order valence-electron chi connectivity index (χ2n) is 4.36. The zero-order valence-electron chi connectivity index (χ0n) is 10.8. The number of amides is 1. The molecule has 0 saturated carbocycles. The van der Waals surface area contributed by atoms with Crippen molar-refractivity contribution < 1.29 is 9.18 Å². The van der Waals surface area contributed by atoms with Gasteiger partial charge in [-0.05, 0) is 46.3 Å². The Kier molecular flexibility index (Phi) is 3.66. The van der Waals surface area contributed by atoms with Crippen molar-refractivity contribution in [3.8, 4) is 0 Å². The highest BCUT2D eigenvalue weighted by Gasteiger charge is 2.10. The molecule has 1 N–H and O–H groups in total. The van der Waals surface area contributed by atoms with Gasteiger partial charge in [-0.3, -0.25) is 9.20 Å². The summed E-state index contributed by atoms with van der Waals surface area (Å²) in [6.07, 6.45) is 1.82. The van der Waals surface area contributed by atoms with Crippen LogP contribution in [0.15, 0.2) is 47.1 Å². The molecule has 7 heteroatoms. The molecule has 1 aromatic carbocycles. The first-order valence-electron chi connectivity index (χ1n) is 6.17. The summed E-state index contributed by atoms with van der Waals surface area (Å²) in [6.45, 7) is 0.235. The molecule has 0 aliphatic heterocycles. The van der Waals surface area contributed by atoms with Crippen molar-refractivity contribution in [3.63, 3.8) is 0 Å². The van der Waals surface area contributed by atoms with Crippen LogP contribution < -0.4 is 5.32 Å². The van der Waals surface area contributed by atoms with E-state index in [1.165, 1.54) is 18.2 Å². The highest BCUT2D eigenvalue weighted by molar-refractivity contribution is 9.10. The smallest absolute Gasteiger partial charge is 0.251 e. The maximum absolute atomic E-state index is 13.1. The molecule has 5 nitrogen and oxygen atoms in total. The molecule has 0 radical (unpaired) electrons. The van der Waals surface area contributed by atoms with Crippen LogP contribution in [-0.4, -0.2) is 20.5 Å². The highest BCUT2D eigenvalue weighted by atomic mass is 79.9. The Morgan fingerprint density at radius 1 is 1.29 bits per heavy atom. The van der Waals surface area contributed by atoms with E-state index >= 15 is 0 Å². The first-order valence-corrected chi connectivity index (χ1v) is 6.96. The topological polar surface area (TPSA) is 59.3 Å². The van der Waals surface area contributed by atoms with Gasteiger partial charge in [0.2, 0.25) is 0 Å². The fraction of sp³-hybridized carbons (Fsp3) is 0.0714. The van der Waals surface area contributed by atoms with Crippen LogP contribution in [0.3, 0.4) is 0 Å². The Balaban J connectivity index is 1.75. The zero-order valence-corrected chi connectivity index (χ0v) is 12.3. The molecule has 0 aliphatic carbocycles. The van der Waals surface area contributed by atoms with E-state index in [-0.39, 0.29) is 16.9 Å². The number of hydrogen-bond donors (Lipinski definition) is 1. The van der Waals surface area contributed by atoms with Crippen LogP contribution in [0.1, 0.15) is 16.2 Å². The van der Waals surface area contributed by atoms with Crippen molar-refractivity contribution in [1.82, 2.24) is 19.9 Å². The number of fused-ring (bicyclic) bond motifs is 1. The van der Waals surface area contributed by atoms with Gasteiger partial charge in [-0.25, -0.2) is 4.39 Å². The van der Waals surface area contributed by atoms with E-state index in [1.54, 1.807) is 4.40 Å². The Morgan fingerprint density at radius 2 is 2.14 bits per heavy atom. The second-order valence-corrected chi connectivity index (χ2v) is 5.21. The molecule has 2 heterocycles. The van der Waals surface area contributed by atoms with Gasteiger partial charge in [-0.1, -0.05) is 6.07 Å². The van der Waals surface area contributed by atoms with E-state index in [1.807, 2.05) is 24.4 Å². The van der Waals surface area contributed by atoms with E-state index in [0.717, 1.165) is 0 Å². The van der Waals surface area contributed by atoms with Crippen molar-refractivity contribution >= 4 is 27.5 Å². The summed E-state index contributed by atoms with van der Waals surface area (Å²) in [5.74, 6) is -0.0847. The number of nitrogens with zero attached hydrogens (tertiary/aromatic N) is 3. The predicted octanol–water partition coefficient (Wildman–Crippen LogP) is 2.56. The molecule has 0 fully saturated rings. The van der Waals surface area contributed by atoms with E-state index < -0.39 is 5.82 Å². The van der Waals surface area contributed by atoms with Gasteiger partial charge in [-0.2, -0.15) is 0 Å². The molecule has 1 amide bonds. The first kappa shape index (κ1) is 13.7. The van der Waals surface area contributed by atoms with Crippen LogP contribution in [0, 0.1) is 5.82 Å². The number of carbonyl (C=O) groups excluding carboxylic acids is 1. The molecule has 0 spiro atoms. The van der Waals surface area contributed by atoms with Gasteiger partial charge in [0, 0.05) is 11.8 Å². The van der Waals surface area contributed by atoms with Crippen molar-refractivity contribution in [2.24, 2.45) is 0 Å². The number of benzene rings is 1. The predicted molar refractivity (Wildman–Crippen MR) is 78.3 cm³/mol. The lowest BCUT2D eigenvalue weighted by Gasteiger charge is -2.05. The third-order valence-electron chi connectivity index (χ3n) is 2.97. The van der Waals surface area contributed by atoms with E-state index in [9.17, 15) is 9.18 Å². The number of nitrogens with one attached hydrogen (secondary N) is 1. The minimum absolute atomic E-state index is 0.235. The normalized spacial score (nSPS) is 10.8. The molecule has 21 heavy (non-hydrogen) atoms. The molecule has 3 rings (SSSR count). The summed E-state index contributed by atoms with van der Waals surface area (Å²) in [5, 5.41) is 10.8. The number of halogens is 2. The van der Waals surface area contributed by atoms with Crippen LogP contribution in [0.2, 0.25) is 0 Å². The van der Waals surface area contributed by atoms with Crippen LogP contribution in [0.25, 0.3) is 5.65 Å². The molecule has 0 aliphatic rings. The minimum Gasteiger partial charge on any atom is -0.345 e. The maximum Gasteiger partial charge on any atom is 0.251 e. The molecular formula is C14H10BrFN4O. The van der Waals surface area contributed by atoms with Crippen molar-refractivity contribution in [2.45, 2.75) is 6.54 Å². The number of hydrogen-bond acceptors (Lipinski definition) is 3.